The lowest BCUT2D eigenvalue weighted by Crippen LogP contribution is -2.08. The largest absolute Gasteiger partial charge is 0.416 e. The van der Waals surface area contributed by atoms with Gasteiger partial charge in [-0.1, -0.05) is 18.6 Å². The predicted molar refractivity (Wildman–Crippen MR) is 70.0 cm³/mol. The molecule has 1 aromatic rings. The summed E-state index contributed by atoms with van der Waals surface area (Å²) in [5.41, 5.74) is 0.436. The van der Waals surface area contributed by atoms with Gasteiger partial charge in [-0.25, -0.2) is 0 Å². The average Bonchev–Trinajstić information content (AvgIpc) is 2.87. The molecule has 106 valence electrons. The number of alkyl halides is 3. The van der Waals surface area contributed by atoms with Gasteiger partial charge in [0.25, 0.3) is 0 Å². The second-order valence-corrected chi connectivity index (χ2v) is 5.30. The summed E-state index contributed by atoms with van der Waals surface area (Å²) < 4.78 is 37.2. The van der Waals surface area contributed by atoms with E-state index in [2.05, 4.69) is 5.32 Å². The van der Waals surface area contributed by atoms with Gasteiger partial charge in [-0.05, 0) is 62.4 Å². The molecule has 1 N–H and O–H groups in total. The fourth-order valence-corrected chi connectivity index (χ4v) is 2.58. The van der Waals surface area contributed by atoms with Gasteiger partial charge in [-0.15, -0.1) is 0 Å². The van der Waals surface area contributed by atoms with E-state index >= 15 is 0 Å². The zero-order valence-corrected chi connectivity index (χ0v) is 11.0. The lowest BCUT2D eigenvalue weighted by Gasteiger charge is -2.09. The SMILES string of the molecule is FC(F)(F)c1ccc(CCCCC2CCNC2)cc1. The first kappa shape index (κ1) is 14.4. The molecule has 4 heteroatoms. The van der Waals surface area contributed by atoms with Crippen molar-refractivity contribution in [2.24, 2.45) is 5.92 Å². The van der Waals surface area contributed by atoms with E-state index in [1.54, 1.807) is 12.1 Å². The second-order valence-electron chi connectivity index (χ2n) is 5.30. The molecule has 1 aliphatic rings. The van der Waals surface area contributed by atoms with E-state index in [1.165, 1.54) is 25.0 Å². The number of rotatable bonds is 5. The van der Waals surface area contributed by atoms with Gasteiger partial charge in [0.05, 0.1) is 5.56 Å². The van der Waals surface area contributed by atoms with Gasteiger partial charge >= 0.3 is 6.18 Å². The lowest BCUT2D eigenvalue weighted by atomic mass is 9.99. The molecule has 1 atom stereocenters. The number of hydrogen-bond acceptors (Lipinski definition) is 1. The Balaban J connectivity index is 1.71. The molecule has 1 saturated heterocycles. The molecule has 1 heterocycles. The molecule has 1 unspecified atom stereocenters. The fraction of sp³-hybridized carbons (Fsp3) is 0.600. The van der Waals surface area contributed by atoms with Crippen molar-refractivity contribution in [1.82, 2.24) is 5.32 Å². The van der Waals surface area contributed by atoms with Crippen molar-refractivity contribution >= 4 is 0 Å². The topological polar surface area (TPSA) is 12.0 Å². The molecule has 0 amide bonds. The van der Waals surface area contributed by atoms with Crippen molar-refractivity contribution in [2.45, 2.75) is 38.3 Å². The lowest BCUT2D eigenvalue weighted by molar-refractivity contribution is -0.137. The van der Waals surface area contributed by atoms with Crippen LogP contribution in [0.2, 0.25) is 0 Å². The second kappa shape index (κ2) is 6.42. The maximum absolute atomic E-state index is 12.4. The third-order valence-electron chi connectivity index (χ3n) is 3.77. The Kier molecular flexibility index (Phi) is 4.86. The zero-order chi connectivity index (χ0) is 13.7. The Labute approximate surface area is 112 Å². The van der Waals surface area contributed by atoms with Crippen LogP contribution in [-0.2, 0) is 12.6 Å². The molecule has 0 aromatic heterocycles. The molecule has 0 spiro atoms. The Morgan fingerprint density at radius 3 is 2.42 bits per heavy atom. The Morgan fingerprint density at radius 1 is 1.11 bits per heavy atom. The highest BCUT2D eigenvalue weighted by atomic mass is 19.4. The third kappa shape index (κ3) is 4.53. The van der Waals surface area contributed by atoms with Crippen LogP contribution in [0.5, 0.6) is 0 Å². The maximum atomic E-state index is 12.4. The van der Waals surface area contributed by atoms with E-state index in [1.807, 2.05) is 0 Å². The molecule has 1 nitrogen and oxygen atoms in total. The van der Waals surface area contributed by atoms with Gasteiger partial charge in [-0.2, -0.15) is 13.2 Å². The summed E-state index contributed by atoms with van der Waals surface area (Å²) in [7, 11) is 0. The van der Waals surface area contributed by atoms with Gasteiger partial charge in [0.2, 0.25) is 0 Å². The Bertz CT molecular complexity index is 377. The minimum atomic E-state index is -4.23. The van der Waals surface area contributed by atoms with Crippen LogP contribution in [0.25, 0.3) is 0 Å². The maximum Gasteiger partial charge on any atom is 0.416 e. The zero-order valence-electron chi connectivity index (χ0n) is 11.0. The van der Waals surface area contributed by atoms with Crippen molar-refractivity contribution < 1.29 is 13.2 Å². The molecular weight excluding hydrogens is 251 g/mol. The van der Waals surface area contributed by atoms with Crippen LogP contribution in [-0.4, -0.2) is 13.1 Å². The van der Waals surface area contributed by atoms with Crippen LogP contribution >= 0.6 is 0 Å². The minimum Gasteiger partial charge on any atom is -0.316 e. The molecule has 1 fully saturated rings. The van der Waals surface area contributed by atoms with E-state index < -0.39 is 11.7 Å². The Hall–Kier alpha value is -1.03. The number of aryl methyl sites for hydroxylation is 1. The van der Waals surface area contributed by atoms with Crippen molar-refractivity contribution in [3.05, 3.63) is 35.4 Å². The highest BCUT2D eigenvalue weighted by Crippen LogP contribution is 2.29. The van der Waals surface area contributed by atoms with Crippen LogP contribution in [0, 0.1) is 5.92 Å². The predicted octanol–water partition coefficient (Wildman–Crippen LogP) is 4.03. The molecule has 0 aliphatic carbocycles. The van der Waals surface area contributed by atoms with Crippen LogP contribution < -0.4 is 5.32 Å². The first-order valence-corrected chi connectivity index (χ1v) is 6.92. The van der Waals surface area contributed by atoms with E-state index in [-0.39, 0.29) is 0 Å². The van der Waals surface area contributed by atoms with Crippen molar-refractivity contribution in [3.8, 4) is 0 Å². The molecule has 19 heavy (non-hydrogen) atoms. The van der Waals surface area contributed by atoms with Gasteiger partial charge in [0.1, 0.15) is 0 Å². The highest BCUT2D eigenvalue weighted by molar-refractivity contribution is 5.24. The summed E-state index contributed by atoms with van der Waals surface area (Å²) in [4.78, 5) is 0. The molecule has 1 aliphatic heterocycles. The summed E-state index contributed by atoms with van der Waals surface area (Å²) in [5, 5.41) is 3.34. The quantitative estimate of drug-likeness (QED) is 0.797. The molecule has 1 aromatic carbocycles. The summed E-state index contributed by atoms with van der Waals surface area (Å²) in [6, 6.07) is 5.55. The van der Waals surface area contributed by atoms with Crippen LogP contribution in [0.3, 0.4) is 0 Å². The fourth-order valence-electron chi connectivity index (χ4n) is 2.58. The van der Waals surface area contributed by atoms with Crippen molar-refractivity contribution in [3.63, 3.8) is 0 Å². The minimum absolute atomic E-state index is 0.562. The monoisotopic (exact) mass is 271 g/mol. The summed E-state index contributed by atoms with van der Waals surface area (Å²) in [6.07, 6.45) is 1.36. The smallest absolute Gasteiger partial charge is 0.316 e. The summed E-state index contributed by atoms with van der Waals surface area (Å²) >= 11 is 0. The standard InChI is InChI=1S/C15H20F3N/c16-15(17,18)14-7-5-12(6-8-14)3-1-2-4-13-9-10-19-11-13/h5-8,13,19H,1-4,9-11H2. The van der Waals surface area contributed by atoms with Gasteiger partial charge in [-0.3, -0.25) is 0 Å². The van der Waals surface area contributed by atoms with Gasteiger partial charge < -0.3 is 5.32 Å². The van der Waals surface area contributed by atoms with Crippen molar-refractivity contribution in [2.75, 3.05) is 13.1 Å². The molecular formula is C15H20F3N. The molecule has 0 saturated carbocycles. The summed E-state index contributed by atoms with van der Waals surface area (Å²) in [5.74, 6) is 0.799. The molecule has 0 radical (unpaired) electrons. The Morgan fingerprint density at radius 2 is 1.84 bits per heavy atom. The number of benzene rings is 1. The van der Waals surface area contributed by atoms with Crippen LogP contribution in [0.15, 0.2) is 24.3 Å². The third-order valence-corrected chi connectivity index (χ3v) is 3.77. The number of nitrogens with one attached hydrogen (secondary N) is 1. The van der Waals surface area contributed by atoms with E-state index in [4.69, 9.17) is 0 Å². The van der Waals surface area contributed by atoms with E-state index in [9.17, 15) is 13.2 Å². The number of unbranched alkanes of at least 4 members (excludes halogenated alkanes) is 1. The van der Waals surface area contributed by atoms with Crippen LogP contribution in [0.4, 0.5) is 13.2 Å². The first-order valence-electron chi connectivity index (χ1n) is 6.92. The van der Waals surface area contributed by atoms with E-state index in [0.29, 0.717) is 0 Å². The van der Waals surface area contributed by atoms with E-state index in [0.717, 1.165) is 43.8 Å². The number of hydrogen-bond donors (Lipinski definition) is 1. The average molecular weight is 271 g/mol. The normalized spacial score (nSPS) is 19.8. The first-order chi connectivity index (χ1) is 9.05. The number of halogens is 3. The van der Waals surface area contributed by atoms with Crippen molar-refractivity contribution in [1.29, 1.82) is 0 Å². The van der Waals surface area contributed by atoms with Gasteiger partial charge in [0.15, 0.2) is 0 Å². The van der Waals surface area contributed by atoms with Crippen LogP contribution in [0.1, 0.15) is 36.8 Å². The highest BCUT2D eigenvalue weighted by Gasteiger charge is 2.29. The molecule has 2 rings (SSSR count). The molecule has 0 bridgehead atoms. The summed E-state index contributed by atoms with van der Waals surface area (Å²) in [6.45, 7) is 2.25. The van der Waals surface area contributed by atoms with Gasteiger partial charge in [0, 0.05) is 0 Å².